The topological polar surface area (TPSA) is 71.7 Å². The van der Waals surface area contributed by atoms with E-state index in [2.05, 4.69) is 15.6 Å². The van der Waals surface area contributed by atoms with E-state index in [1.165, 1.54) is 0 Å². The first kappa shape index (κ1) is 17.3. The molecule has 0 radical (unpaired) electrons. The van der Waals surface area contributed by atoms with Gasteiger partial charge in [-0.15, -0.1) is 0 Å². The van der Waals surface area contributed by atoms with Crippen LogP contribution < -0.4 is 21.1 Å². The minimum atomic E-state index is -0.696. The molecular weight excluding hydrogens is 336 g/mol. The van der Waals surface area contributed by atoms with Crippen molar-refractivity contribution in [2.75, 3.05) is 13.2 Å². The molecule has 1 aliphatic heterocycles. The molecule has 0 saturated heterocycles. The minimum Gasteiger partial charge on any atom is -0.492 e. The Morgan fingerprint density at radius 1 is 1.08 bits per heavy atom. The Bertz CT molecular complexity index is 746. The van der Waals surface area contributed by atoms with Gasteiger partial charge in [-0.1, -0.05) is 41.9 Å². The van der Waals surface area contributed by atoms with Crippen LogP contribution in [0.25, 0.3) is 0 Å². The van der Waals surface area contributed by atoms with Crippen molar-refractivity contribution in [3.63, 3.8) is 0 Å². The van der Waals surface area contributed by atoms with Crippen LogP contribution >= 0.6 is 11.6 Å². The first-order valence-corrected chi connectivity index (χ1v) is 8.49. The Morgan fingerprint density at radius 3 is 2.60 bits per heavy atom. The monoisotopic (exact) mass is 356 g/mol. The molecule has 6 heteroatoms. The van der Waals surface area contributed by atoms with E-state index in [1.807, 2.05) is 66.9 Å². The quantitative estimate of drug-likeness (QED) is 0.696. The lowest BCUT2D eigenvalue weighted by Gasteiger charge is -2.32. The lowest BCUT2D eigenvalue weighted by atomic mass is 9.99. The van der Waals surface area contributed by atoms with E-state index in [-0.39, 0.29) is 0 Å². The van der Waals surface area contributed by atoms with Gasteiger partial charge in [-0.25, -0.2) is 4.99 Å². The Labute approximate surface area is 152 Å². The normalized spacial score (nSPS) is 20.8. The zero-order chi connectivity index (χ0) is 17.5. The Hall–Kier alpha value is -2.50. The van der Waals surface area contributed by atoms with Crippen molar-refractivity contribution < 1.29 is 4.74 Å². The molecule has 0 fully saturated rings. The highest BCUT2D eigenvalue weighted by molar-refractivity contribution is 6.30. The smallest absolute Gasteiger partial charge is 0.197 e. The molecule has 0 bridgehead atoms. The zero-order valence-corrected chi connectivity index (χ0v) is 14.5. The van der Waals surface area contributed by atoms with Crippen molar-refractivity contribution in [1.29, 1.82) is 0 Å². The van der Waals surface area contributed by atoms with Crippen LogP contribution in [0.4, 0.5) is 0 Å². The molecule has 1 atom stereocenters. The highest BCUT2D eigenvalue weighted by Crippen LogP contribution is 2.15. The highest BCUT2D eigenvalue weighted by atomic mass is 35.5. The third-order valence-corrected chi connectivity index (χ3v) is 3.99. The number of aliphatic imine (C=N–C) groups is 1. The van der Waals surface area contributed by atoms with Gasteiger partial charge in [0, 0.05) is 17.6 Å². The van der Waals surface area contributed by atoms with Crippen LogP contribution in [0.1, 0.15) is 5.56 Å². The predicted molar refractivity (Wildman–Crippen MR) is 102 cm³/mol. The number of nitrogens with two attached hydrogens (primary N) is 1. The maximum atomic E-state index is 6.43. The van der Waals surface area contributed by atoms with E-state index in [1.54, 1.807) is 0 Å². The van der Waals surface area contributed by atoms with Crippen LogP contribution in [-0.4, -0.2) is 24.8 Å². The van der Waals surface area contributed by atoms with Gasteiger partial charge in [0.2, 0.25) is 0 Å². The average Bonchev–Trinajstić information content (AvgIpc) is 2.62. The van der Waals surface area contributed by atoms with E-state index < -0.39 is 5.66 Å². The third-order valence-electron chi connectivity index (χ3n) is 3.73. The van der Waals surface area contributed by atoms with Crippen molar-refractivity contribution in [2.45, 2.75) is 12.1 Å². The molecule has 2 aromatic rings. The van der Waals surface area contributed by atoms with Gasteiger partial charge in [0.15, 0.2) is 5.96 Å². The molecule has 130 valence electrons. The second-order valence-electron chi connectivity index (χ2n) is 5.84. The maximum Gasteiger partial charge on any atom is 0.197 e. The first-order chi connectivity index (χ1) is 12.1. The van der Waals surface area contributed by atoms with Gasteiger partial charge in [0.1, 0.15) is 18.0 Å². The Kier molecular flexibility index (Phi) is 5.58. The van der Waals surface area contributed by atoms with Crippen LogP contribution in [-0.2, 0) is 6.42 Å². The van der Waals surface area contributed by atoms with E-state index >= 15 is 0 Å². The standard InChI is InChI=1S/C19H21ClN4O/c20-16-8-6-15(7-9-16)14-19(21)10-11-22-18(24-19)23-12-13-25-17-4-2-1-3-5-17/h1-11H,12-14,21H2,(H2,22,23,24). The second kappa shape index (κ2) is 8.05. The molecular formula is C19H21ClN4O. The molecule has 0 aliphatic carbocycles. The van der Waals surface area contributed by atoms with Gasteiger partial charge in [-0.3, -0.25) is 0 Å². The molecule has 3 rings (SSSR count). The van der Waals surface area contributed by atoms with Crippen LogP contribution in [0.3, 0.4) is 0 Å². The summed E-state index contributed by atoms with van der Waals surface area (Å²) in [6, 6.07) is 17.3. The van der Waals surface area contributed by atoms with Crippen molar-refractivity contribution in [1.82, 2.24) is 10.6 Å². The molecule has 1 unspecified atom stereocenters. The van der Waals surface area contributed by atoms with E-state index in [9.17, 15) is 0 Å². The summed E-state index contributed by atoms with van der Waals surface area (Å²) >= 11 is 5.93. The zero-order valence-electron chi connectivity index (χ0n) is 13.8. The molecule has 1 heterocycles. The summed E-state index contributed by atoms with van der Waals surface area (Å²) < 4.78 is 5.63. The van der Waals surface area contributed by atoms with Gasteiger partial charge < -0.3 is 21.1 Å². The lowest BCUT2D eigenvalue weighted by molar-refractivity contribution is 0.328. The maximum absolute atomic E-state index is 6.43. The number of hydrogen-bond donors (Lipinski definition) is 3. The number of benzene rings is 2. The van der Waals surface area contributed by atoms with Gasteiger partial charge in [-0.2, -0.15) is 0 Å². The number of ether oxygens (including phenoxy) is 1. The first-order valence-electron chi connectivity index (χ1n) is 8.11. The summed E-state index contributed by atoms with van der Waals surface area (Å²) in [5.41, 5.74) is 6.83. The third kappa shape index (κ3) is 5.24. The van der Waals surface area contributed by atoms with Crippen molar-refractivity contribution in [3.05, 3.63) is 77.5 Å². The molecule has 25 heavy (non-hydrogen) atoms. The van der Waals surface area contributed by atoms with Crippen molar-refractivity contribution >= 4 is 17.6 Å². The Morgan fingerprint density at radius 2 is 1.84 bits per heavy atom. The van der Waals surface area contributed by atoms with Crippen molar-refractivity contribution in [2.24, 2.45) is 10.7 Å². The largest absolute Gasteiger partial charge is 0.492 e. The fourth-order valence-corrected chi connectivity index (χ4v) is 2.66. The van der Waals surface area contributed by atoms with Crippen molar-refractivity contribution in [3.8, 4) is 5.75 Å². The molecule has 1 aliphatic rings. The van der Waals surface area contributed by atoms with Gasteiger partial charge in [0.25, 0.3) is 0 Å². The van der Waals surface area contributed by atoms with E-state index in [0.29, 0.717) is 30.6 Å². The lowest BCUT2D eigenvalue weighted by Crippen LogP contribution is -2.61. The molecule has 0 aromatic heterocycles. The van der Waals surface area contributed by atoms with Crippen LogP contribution in [0.5, 0.6) is 5.75 Å². The summed E-state index contributed by atoms with van der Waals surface area (Å²) in [7, 11) is 0. The summed E-state index contributed by atoms with van der Waals surface area (Å²) in [6.07, 6.45) is 4.33. The predicted octanol–water partition coefficient (Wildman–Crippen LogP) is 2.68. The van der Waals surface area contributed by atoms with Gasteiger partial charge >= 0.3 is 0 Å². The average molecular weight is 357 g/mol. The summed E-state index contributed by atoms with van der Waals surface area (Å²) in [4.78, 5) is 4.47. The summed E-state index contributed by atoms with van der Waals surface area (Å²) in [6.45, 7) is 1.02. The number of nitrogens with zero attached hydrogens (tertiary/aromatic N) is 1. The van der Waals surface area contributed by atoms with Gasteiger partial charge in [-0.05, 0) is 35.9 Å². The molecule has 2 aromatic carbocycles. The number of hydrogen-bond acceptors (Lipinski definition) is 3. The fourth-order valence-electron chi connectivity index (χ4n) is 2.53. The SMILES string of the molecule is NC1(Cc2ccc(Cl)cc2)C=CNC(=NCCOc2ccccc2)N1. The number of para-hydroxylation sites is 1. The summed E-state index contributed by atoms with van der Waals surface area (Å²) in [5, 5.41) is 7.01. The fraction of sp³-hybridized carbons (Fsp3) is 0.211. The number of halogens is 1. The molecule has 5 nitrogen and oxygen atoms in total. The second-order valence-corrected chi connectivity index (χ2v) is 6.27. The number of guanidine groups is 1. The number of rotatable bonds is 6. The van der Waals surface area contributed by atoms with Gasteiger partial charge in [0.05, 0.1) is 6.54 Å². The molecule has 0 saturated carbocycles. The van der Waals surface area contributed by atoms with Crippen LogP contribution in [0.15, 0.2) is 71.9 Å². The minimum absolute atomic E-state index is 0.495. The van der Waals surface area contributed by atoms with E-state index in [4.69, 9.17) is 22.1 Å². The number of nitrogens with one attached hydrogen (secondary N) is 2. The van der Waals surface area contributed by atoms with Crippen LogP contribution in [0, 0.1) is 0 Å². The molecule has 0 spiro atoms. The Balaban J connectivity index is 1.53. The van der Waals surface area contributed by atoms with E-state index in [0.717, 1.165) is 11.3 Å². The molecule has 4 N–H and O–H groups in total. The van der Waals surface area contributed by atoms with Crippen LogP contribution in [0.2, 0.25) is 5.02 Å². The summed E-state index contributed by atoms with van der Waals surface area (Å²) in [5.74, 6) is 1.47. The molecule has 0 amide bonds. The highest BCUT2D eigenvalue weighted by Gasteiger charge is 2.26.